The normalized spacial score (nSPS) is 10.0. The second kappa shape index (κ2) is 7.17. The van der Waals surface area contributed by atoms with E-state index in [0.29, 0.717) is 27.3 Å². The summed E-state index contributed by atoms with van der Waals surface area (Å²) in [6, 6.07) is 10.7. The third-order valence-corrected chi connectivity index (χ3v) is 3.28. The van der Waals surface area contributed by atoms with E-state index in [0.717, 1.165) is 0 Å². The van der Waals surface area contributed by atoms with Crippen molar-refractivity contribution in [2.75, 3.05) is 0 Å². The van der Waals surface area contributed by atoms with Gasteiger partial charge in [0.2, 0.25) is 5.76 Å². The van der Waals surface area contributed by atoms with Crippen LogP contribution in [0, 0.1) is 0 Å². The molecule has 0 unspecified atom stereocenters. The molecule has 2 N–H and O–H groups in total. The summed E-state index contributed by atoms with van der Waals surface area (Å²) in [5.41, 5.74) is 0.745. The Labute approximate surface area is 140 Å². The molecular formula is C16H10Cl2O5. The van der Waals surface area contributed by atoms with Gasteiger partial charge in [-0.2, -0.15) is 0 Å². The Kier molecular flexibility index (Phi) is 5.26. The molecule has 0 amide bonds. The summed E-state index contributed by atoms with van der Waals surface area (Å²) in [7, 11) is 0. The van der Waals surface area contributed by atoms with Crippen LogP contribution in [-0.2, 0) is 0 Å². The minimum absolute atomic E-state index is 0.0422. The van der Waals surface area contributed by atoms with Crippen LogP contribution in [0.1, 0.15) is 20.9 Å². The third-order valence-electron chi connectivity index (χ3n) is 2.81. The Morgan fingerprint density at radius 3 is 2.30 bits per heavy atom. The van der Waals surface area contributed by atoms with E-state index >= 15 is 0 Å². The number of aldehydes is 1. The molecule has 0 aliphatic carbocycles. The lowest BCUT2D eigenvalue weighted by Crippen LogP contribution is -1.91. The average molecular weight is 353 g/mol. The molecular weight excluding hydrogens is 343 g/mol. The van der Waals surface area contributed by atoms with E-state index in [2.05, 4.69) is 0 Å². The Hall–Kier alpha value is -2.50. The molecule has 1 aromatic heterocycles. The molecule has 0 saturated carbocycles. The molecule has 0 fully saturated rings. The maximum Gasteiger partial charge on any atom is 0.371 e. The maximum absolute atomic E-state index is 10.5. The first-order chi connectivity index (χ1) is 10.9. The number of benzene rings is 2. The van der Waals surface area contributed by atoms with Crippen molar-refractivity contribution in [1.29, 1.82) is 0 Å². The molecule has 118 valence electrons. The highest BCUT2D eigenvalue weighted by Crippen LogP contribution is 2.22. The van der Waals surface area contributed by atoms with Crippen molar-refractivity contribution >= 4 is 46.4 Å². The summed E-state index contributed by atoms with van der Waals surface area (Å²) in [5.74, 6) is -1.19. The first kappa shape index (κ1) is 16.9. The van der Waals surface area contributed by atoms with Crippen molar-refractivity contribution in [1.82, 2.24) is 0 Å². The van der Waals surface area contributed by atoms with Gasteiger partial charge in [0.15, 0.2) is 6.29 Å². The molecule has 0 bridgehead atoms. The molecule has 0 atom stereocenters. The molecule has 7 heteroatoms. The van der Waals surface area contributed by atoms with Crippen LogP contribution in [0.25, 0.3) is 11.0 Å². The summed E-state index contributed by atoms with van der Waals surface area (Å²) < 4.78 is 5.03. The van der Waals surface area contributed by atoms with Crippen molar-refractivity contribution in [3.63, 3.8) is 0 Å². The number of fused-ring (bicyclic) bond motifs is 1. The van der Waals surface area contributed by atoms with Crippen LogP contribution in [-0.4, -0.2) is 22.5 Å². The number of phenols is 1. The molecule has 3 rings (SSSR count). The van der Waals surface area contributed by atoms with Crippen molar-refractivity contribution in [2.45, 2.75) is 0 Å². The smallest absolute Gasteiger partial charge is 0.371 e. The van der Waals surface area contributed by atoms with Crippen LogP contribution in [0.15, 0.2) is 46.9 Å². The standard InChI is InChI=1S/C9H5ClO3.C7H5ClO2/c10-6-1-2-7-5(3-6)4-8(13-7)9(11)12;8-6-1-2-7(10)5(3-6)4-9/h1-4H,(H,11,12);1-4,10H. The molecule has 0 aliphatic rings. The molecule has 1 heterocycles. The number of carboxylic acids is 1. The van der Waals surface area contributed by atoms with Crippen LogP contribution in [0.3, 0.4) is 0 Å². The summed E-state index contributed by atoms with van der Waals surface area (Å²) in [6.45, 7) is 0. The lowest BCUT2D eigenvalue weighted by Gasteiger charge is -1.94. The van der Waals surface area contributed by atoms with Crippen LogP contribution in [0.4, 0.5) is 0 Å². The van der Waals surface area contributed by atoms with Gasteiger partial charge in [-0.3, -0.25) is 4.79 Å². The number of aromatic hydroxyl groups is 1. The minimum Gasteiger partial charge on any atom is -0.507 e. The SMILES string of the molecule is O=C(O)c1cc2cc(Cl)ccc2o1.O=Cc1cc(Cl)ccc1O. The fourth-order valence-corrected chi connectivity index (χ4v) is 2.10. The maximum atomic E-state index is 10.5. The number of halogens is 2. The van der Waals surface area contributed by atoms with E-state index in [1.807, 2.05) is 0 Å². The van der Waals surface area contributed by atoms with E-state index in [9.17, 15) is 9.59 Å². The fraction of sp³-hybridized carbons (Fsp3) is 0. The highest BCUT2D eigenvalue weighted by atomic mass is 35.5. The first-order valence-corrected chi connectivity index (χ1v) is 7.02. The number of carboxylic acid groups (broad SMARTS) is 1. The molecule has 23 heavy (non-hydrogen) atoms. The number of furan rings is 1. The van der Waals surface area contributed by atoms with Crippen LogP contribution < -0.4 is 0 Å². The van der Waals surface area contributed by atoms with Crippen molar-refractivity contribution < 1.29 is 24.2 Å². The van der Waals surface area contributed by atoms with E-state index in [1.165, 1.54) is 24.3 Å². The molecule has 5 nitrogen and oxygen atoms in total. The quantitative estimate of drug-likeness (QED) is 0.655. The van der Waals surface area contributed by atoms with Gasteiger partial charge in [-0.1, -0.05) is 23.2 Å². The Balaban J connectivity index is 0.000000174. The number of hydrogen-bond acceptors (Lipinski definition) is 4. The van der Waals surface area contributed by atoms with Crippen LogP contribution in [0.5, 0.6) is 5.75 Å². The number of phenolic OH excluding ortho intramolecular Hbond substituents is 1. The van der Waals surface area contributed by atoms with Gasteiger partial charge in [-0.05, 0) is 42.5 Å². The second-order valence-electron chi connectivity index (χ2n) is 4.42. The summed E-state index contributed by atoms with van der Waals surface area (Å²) in [6.07, 6.45) is 0.557. The molecule has 2 aromatic carbocycles. The predicted octanol–water partition coefficient (Wildman–Crippen LogP) is 4.64. The van der Waals surface area contributed by atoms with Gasteiger partial charge >= 0.3 is 5.97 Å². The van der Waals surface area contributed by atoms with Gasteiger partial charge in [0.25, 0.3) is 0 Å². The van der Waals surface area contributed by atoms with Gasteiger partial charge in [-0.25, -0.2) is 4.79 Å². The molecule has 0 aliphatic heterocycles. The summed E-state index contributed by atoms with van der Waals surface area (Å²) in [4.78, 5) is 20.7. The zero-order valence-corrected chi connectivity index (χ0v) is 13.0. The largest absolute Gasteiger partial charge is 0.507 e. The number of aromatic carboxylic acids is 1. The minimum atomic E-state index is -1.08. The molecule has 0 saturated heterocycles. The van der Waals surface area contributed by atoms with E-state index in [1.54, 1.807) is 18.2 Å². The van der Waals surface area contributed by atoms with E-state index in [4.69, 9.17) is 37.8 Å². The van der Waals surface area contributed by atoms with Crippen LogP contribution in [0.2, 0.25) is 10.0 Å². The highest BCUT2D eigenvalue weighted by molar-refractivity contribution is 6.31. The third kappa shape index (κ3) is 4.25. The van der Waals surface area contributed by atoms with Crippen LogP contribution >= 0.6 is 23.2 Å². The van der Waals surface area contributed by atoms with Crippen molar-refractivity contribution in [2.24, 2.45) is 0 Å². The van der Waals surface area contributed by atoms with E-state index in [-0.39, 0.29) is 17.1 Å². The van der Waals surface area contributed by atoms with Crippen molar-refractivity contribution in [3.05, 3.63) is 63.8 Å². The zero-order chi connectivity index (χ0) is 17.0. The Morgan fingerprint density at radius 1 is 1.04 bits per heavy atom. The van der Waals surface area contributed by atoms with Crippen molar-refractivity contribution in [3.8, 4) is 5.75 Å². The second-order valence-corrected chi connectivity index (χ2v) is 5.29. The number of rotatable bonds is 2. The van der Waals surface area contributed by atoms with Gasteiger partial charge in [0.1, 0.15) is 11.3 Å². The Morgan fingerprint density at radius 2 is 1.70 bits per heavy atom. The lowest BCUT2D eigenvalue weighted by molar-refractivity contribution is 0.0665. The predicted molar refractivity (Wildman–Crippen MR) is 86.7 cm³/mol. The summed E-state index contributed by atoms with van der Waals surface area (Å²) in [5, 5.41) is 19.3. The monoisotopic (exact) mass is 352 g/mol. The van der Waals surface area contributed by atoms with Gasteiger partial charge in [0.05, 0.1) is 5.56 Å². The number of carbonyl (C=O) groups is 2. The zero-order valence-electron chi connectivity index (χ0n) is 11.5. The average Bonchev–Trinajstić information content (AvgIpc) is 2.93. The highest BCUT2D eigenvalue weighted by Gasteiger charge is 2.09. The van der Waals surface area contributed by atoms with Gasteiger partial charge in [-0.15, -0.1) is 0 Å². The Bertz CT molecular complexity index is 870. The van der Waals surface area contributed by atoms with E-state index < -0.39 is 5.97 Å². The first-order valence-electron chi connectivity index (χ1n) is 6.27. The summed E-state index contributed by atoms with van der Waals surface area (Å²) >= 11 is 11.2. The van der Waals surface area contributed by atoms with Gasteiger partial charge < -0.3 is 14.6 Å². The number of carbonyl (C=O) groups excluding carboxylic acids is 1. The lowest BCUT2D eigenvalue weighted by atomic mass is 10.2. The molecule has 0 radical (unpaired) electrons. The fourth-order valence-electron chi connectivity index (χ4n) is 1.74. The topological polar surface area (TPSA) is 87.7 Å². The van der Waals surface area contributed by atoms with Gasteiger partial charge in [0, 0.05) is 15.4 Å². The molecule has 3 aromatic rings. The molecule has 0 spiro atoms. The number of hydrogen-bond donors (Lipinski definition) is 2.